The molecule has 12 heavy (non-hydrogen) atoms. The number of aliphatic hydroxyl groups is 1. The number of esters is 1. The molecular weight excluding hydrogens is 156 g/mol. The van der Waals surface area contributed by atoms with Crippen LogP contribution >= 0.6 is 0 Å². The van der Waals surface area contributed by atoms with Crippen LogP contribution in [0.1, 0.15) is 32.6 Å². The molecule has 1 N–H and O–H groups in total. The van der Waals surface area contributed by atoms with Crippen molar-refractivity contribution in [3.05, 3.63) is 12.2 Å². The smallest absolute Gasteiger partial charge is 0.335 e. The molecule has 0 unspecified atom stereocenters. The molecule has 0 aromatic heterocycles. The predicted molar refractivity (Wildman–Crippen MR) is 44.3 cm³/mol. The van der Waals surface area contributed by atoms with E-state index in [4.69, 9.17) is 4.74 Å². The molecule has 1 aliphatic carbocycles. The number of hydrogen-bond acceptors (Lipinski definition) is 3. The molecule has 1 fully saturated rings. The van der Waals surface area contributed by atoms with Crippen LogP contribution in [0, 0.1) is 0 Å². The highest BCUT2D eigenvalue weighted by Crippen LogP contribution is 2.30. The molecule has 0 amide bonds. The van der Waals surface area contributed by atoms with Gasteiger partial charge in [0, 0.05) is 18.4 Å². The van der Waals surface area contributed by atoms with E-state index in [9.17, 15) is 9.90 Å². The highest BCUT2D eigenvalue weighted by atomic mass is 16.7. The summed E-state index contributed by atoms with van der Waals surface area (Å²) in [6.45, 7) is 5.01. The Balaban J connectivity index is 2.49. The highest BCUT2D eigenvalue weighted by molar-refractivity contribution is 5.87. The molecule has 0 aromatic carbocycles. The second kappa shape index (κ2) is 3.27. The van der Waals surface area contributed by atoms with Gasteiger partial charge in [0.2, 0.25) is 5.79 Å². The lowest BCUT2D eigenvalue weighted by molar-refractivity contribution is -0.201. The molecule has 1 saturated carbocycles. The maximum absolute atomic E-state index is 11.0. The van der Waals surface area contributed by atoms with Crippen molar-refractivity contribution in [3.8, 4) is 0 Å². The minimum Gasteiger partial charge on any atom is -0.430 e. The molecule has 68 valence electrons. The summed E-state index contributed by atoms with van der Waals surface area (Å²) in [4.78, 5) is 11.0. The minimum atomic E-state index is -1.21. The molecule has 1 aliphatic rings. The van der Waals surface area contributed by atoms with E-state index < -0.39 is 11.8 Å². The molecule has 0 radical (unpaired) electrons. The molecule has 0 bridgehead atoms. The van der Waals surface area contributed by atoms with Crippen LogP contribution in [0.3, 0.4) is 0 Å². The summed E-state index contributed by atoms with van der Waals surface area (Å²) in [6.07, 6.45) is 2.93. The molecule has 3 heteroatoms. The standard InChI is InChI=1S/C9H14O3/c1-7(2)8(10)12-9(11)5-3-4-6-9/h11H,1,3-6H2,2H3. The molecule has 0 heterocycles. The topological polar surface area (TPSA) is 46.5 Å². The van der Waals surface area contributed by atoms with E-state index in [1.165, 1.54) is 0 Å². The Morgan fingerprint density at radius 2 is 2.00 bits per heavy atom. The number of hydrogen-bond donors (Lipinski definition) is 1. The number of rotatable bonds is 2. The van der Waals surface area contributed by atoms with Gasteiger partial charge in [-0.2, -0.15) is 0 Å². The van der Waals surface area contributed by atoms with Crippen LogP contribution in [0.15, 0.2) is 12.2 Å². The lowest BCUT2D eigenvalue weighted by Crippen LogP contribution is -2.31. The van der Waals surface area contributed by atoms with E-state index >= 15 is 0 Å². The van der Waals surface area contributed by atoms with E-state index in [1.54, 1.807) is 6.92 Å². The Labute approximate surface area is 72.0 Å². The van der Waals surface area contributed by atoms with Crippen LogP contribution in [-0.2, 0) is 9.53 Å². The molecular formula is C9H14O3. The molecule has 0 aliphatic heterocycles. The molecule has 1 rings (SSSR count). The van der Waals surface area contributed by atoms with Crippen molar-refractivity contribution in [1.29, 1.82) is 0 Å². The van der Waals surface area contributed by atoms with Gasteiger partial charge in [-0.1, -0.05) is 6.58 Å². The Morgan fingerprint density at radius 3 is 2.42 bits per heavy atom. The van der Waals surface area contributed by atoms with Gasteiger partial charge in [0.15, 0.2) is 0 Å². The van der Waals surface area contributed by atoms with E-state index in [0.29, 0.717) is 18.4 Å². The van der Waals surface area contributed by atoms with Crippen LogP contribution in [0.5, 0.6) is 0 Å². The normalized spacial score (nSPS) is 20.5. The van der Waals surface area contributed by atoms with Crippen molar-refractivity contribution in [2.45, 2.75) is 38.4 Å². The molecule has 0 aromatic rings. The van der Waals surface area contributed by atoms with Crippen LogP contribution < -0.4 is 0 Å². The van der Waals surface area contributed by atoms with E-state index in [-0.39, 0.29) is 0 Å². The third kappa shape index (κ3) is 2.08. The zero-order valence-corrected chi connectivity index (χ0v) is 7.30. The van der Waals surface area contributed by atoms with Gasteiger partial charge in [-0.3, -0.25) is 0 Å². The van der Waals surface area contributed by atoms with Crippen LogP contribution in [-0.4, -0.2) is 16.9 Å². The van der Waals surface area contributed by atoms with E-state index in [2.05, 4.69) is 6.58 Å². The van der Waals surface area contributed by atoms with Crippen molar-refractivity contribution < 1.29 is 14.6 Å². The summed E-state index contributed by atoms with van der Waals surface area (Å²) in [6, 6.07) is 0. The summed E-state index contributed by atoms with van der Waals surface area (Å²) in [5, 5.41) is 9.63. The maximum Gasteiger partial charge on any atom is 0.335 e. The van der Waals surface area contributed by atoms with Crippen molar-refractivity contribution in [3.63, 3.8) is 0 Å². The Hall–Kier alpha value is -0.830. The summed E-state index contributed by atoms with van der Waals surface area (Å²) in [5.41, 5.74) is 0.329. The first-order valence-corrected chi connectivity index (χ1v) is 4.15. The molecule has 0 spiro atoms. The van der Waals surface area contributed by atoms with Gasteiger partial charge in [0.1, 0.15) is 0 Å². The average Bonchev–Trinajstić information content (AvgIpc) is 2.35. The lowest BCUT2D eigenvalue weighted by atomic mass is 10.2. The lowest BCUT2D eigenvalue weighted by Gasteiger charge is -2.22. The van der Waals surface area contributed by atoms with Crippen molar-refractivity contribution in [1.82, 2.24) is 0 Å². The zero-order valence-electron chi connectivity index (χ0n) is 7.30. The summed E-state index contributed by atoms with van der Waals surface area (Å²) in [7, 11) is 0. The van der Waals surface area contributed by atoms with Crippen molar-refractivity contribution >= 4 is 5.97 Å². The van der Waals surface area contributed by atoms with Gasteiger partial charge in [0.05, 0.1) is 0 Å². The minimum absolute atomic E-state index is 0.329. The van der Waals surface area contributed by atoms with Crippen LogP contribution in [0.2, 0.25) is 0 Å². The van der Waals surface area contributed by atoms with Gasteiger partial charge in [0.25, 0.3) is 0 Å². The first kappa shape index (κ1) is 9.26. The fraction of sp³-hybridized carbons (Fsp3) is 0.667. The SMILES string of the molecule is C=C(C)C(=O)OC1(O)CCCC1. The molecule has 0 saturated heterocycles. The second-order valence-corrected chi connectivity index (χ2v) is 3.32. The summed E-state index contributed by atoms with van der Waals surface area (Å²) < 4.78 is 4.88. The number of carbonyl (C=O) groups excluding carboxylic acids is 1. The Morgan fingerprint density at radius 1 is 1.50 bits per heavy atom. The predicted octanol–water partition coefficient (Wildman–Crippen LogP) is 1.37. The van der Waals surface area contributed by atoms with Gasteiger partial charge in [-0.05, 0) is 19.8 Å². The molecule has 0 atom stereocenters. The fourth-order valence-electron chi connectivity index (χ4n) is 1.29. The summed E-state index contributed by atoms with van der Waals surface area (Å²) >= 11 is 0. The quantitative estimate of drug-likeness (QED) is 0.387. The largest absolute Gasteiger partial charge is 0.430 e. The third-order valence-corrected chi connectivity index (χ3v) is 2.02. The first-order valence-electron chi connectivity index (χ1n) is 4.15. The number of carbonyl (C=O) groups is 1. The highest BCUT2D eigenvalue weighted by Gasteiger charge is 2.35. The van der Waals surface area contributed by atoms with Crippen molar-refractivity contribution in [2.24, 2.45) is 0 Å². The zero-order chi connectivity index (χ0) is 9.19. The summed E-state index contributed by atoms with van der Waals surface area (Å²) in [5.74, 6) is -1.71. The Kier molecular flexibility index (Phi) is 2.52. The van der Waals surface area contributed by atoms with Gasteiger partial charge >= 0.3 is 5.97 Å². The van der Waals surface area contributed by atoms with Crippen LogP contribution in [0.25, 0.3) is 0 Å². The number of ether oxygens (including phenoxy) is 1. The van der Waals surface area contributed by atoms with Crippen LogP contribution in [0.4, 0.5) is 0 Å². The Bertz CT molecular complexity index is 202. The second-order valence-electron chi connectivity index (χ2n) is 3.32. The van der Waals surface area contributed by atoms with E-state index in [0.717, 1.165) is 12.8 Å². The van der Waals surface area contributed by atoms with Gasteiger partial charge < -0.3 is 9.84 Å². The van der Waals surface area contributed by atoms with Gasteiger partial charge in [-0.25, -0.2) is 4.79 Å². The molecule has 3 nitrogen and oxygen atoms in total. The average molecular weight is 170 g/mol. The van der Waals surface area contributed by atoms with Gasteiger partial charge in [-0.15, -0.1) is 0 Å². The van der Waals surface area contributed by atoms with E-state index in [1.807, 2.05) is 0 Å². The van der Waals surface area contributed by atoms with Crippen molar-refractivity contribution in [2.75, 3.05) is 0 Å². The third-order valence-electron chi connectivity index (χ3n) is 2.02. The first-order chi connectivity index (χ1) is 5.53. The maximum atomic E-state index is 11.0. The fourth-order valence-corrected chi connectivity index (χ4v) is 1.29. The monoisotopic (exact) mass is 170 g/mol.